The van der Waals surface area contributed by atoms with Crippen molar-refractivity contribution in [1.29, 1.82) is 0 Å². The highest BCUT2D eigenvalue weighted by atomic mass is 32.2. The molecule has 1 amide bonds. The average molecular weight is 403 g/mol. The normalized spacial score (nSPS) is 11.5. The molecule has 2 aromatic rings. The van der Waals surface area contributed by atoms with Gasteiger partial charge in [-0.2, -0.15) is 5.10 Å². The highest BCUT2D eigenvalue weighted by Crippen LogP contribution is 2.21. The van der Waals surface area contributed by atoms with E-state index in [4.69, 9.17) is 0 Å². The molecule has 0 saturated carbocycles. The maximum Gasteiger partial charge on any atom is 0.260 e. The number of aryl methyl sites for hydroxylation is 2. The van der Waals surface area contributed by atoms with E-state index in [9.17, 15) is 13.2 Å². The molecule has 150 valence electrons. The molecule has 8 heteroatoms. The van der Waals surface area contributed by atoms with Crippen molar-refractivity contribution >= 4 is 33.5 Å². The number of anilines is 2. The summed E-state index contributed by atoms with van der Waals surface area (Å²) in [4.78, 5) is 14.2. The van der Waals surface area contributed by atoms with Crippen LogP contribution in [0.25, 0.3) is 0 Å². The van der Waals surface area contributed by atoms with Crippen LogP contribution < -0.4 is 14.6 Å². The first-order valence-corrected chi connectivity index (χ1v) is 10.6. The van der Waals surface area contributed by atoms with E-state index in [1.165, 1.54) is 6.21 Å². The van der Waals surface area contributed by atoms with Crippen molar-refractivity contribution in [2.75, 3.05) is 36.1 Å². The summed E-state index contributed by atoms with van der Waals surface area (Å²) in [6, 6.07) is 13.0. The summed E-state index contributed by atoms with van der Waals surface area (Å²) < 4.78 is 25.4. The van der Waals surface area contributed by atoms with Gasteiger partial charge in [-0.3, -0.25) is 9.10 Å². The highest BCUT2D eigenvalue weighted by molar-refractivity contribution is 7.92. The molecule has 0 aliphatic rings. The zero-order valence-electron chi connectivity index (χ0n) is 16.8. The quantitative estimate of drug-likeness (QED) is 0.569. The van der Waals surface area contributed by atoms with Crippen molar-refractivity contribution < 1.29 is 13.2 Å². The Morgan fingerprint density at radius 3 is 2.11 bits per heavy atom. The molecule has 28 heavy (non-hydrogen) atoms. The van der Waals surface area contributed by atoms with E-state index in [0.29, 0.717) is 5.69 Å². The van der Waals surface area contributed by atoms with E-state index in [0.717, 1.165) is 32.9 Å². The van der Waals surface area contributed by atoms with Crippen molar-refractivity contribution in [1.82, 2.24) is 5.43 Å². The zero-order chi connectivity index (χ0) is 20.9. The van der Waals surface area contributed by atoms with Crippen LogP contribution in [0.15, 0.2) is 47.6 Å². The summed E-state index contributed by atoms with van der Waals surface area (Å²) in [5.41, 5.74) is 6.55. The standard InChI is InChI=1S/C20H26N4O3S/c1-15-10-16(2)12-19(11-15)24(28(5,26)27)14-20(25)22-21-13-17-6-8-18(9-7-17)23(3)4/h6-13H,14H2,1-5H3,(H,22,25)/b21-13-. The molecule has 7 nitrogen and oxygen atoms in total. The Bertz CT molecular complexity index is 947. The number of carbonyl (C=O) groups excluding carboxylic acids is 1. The van der Waals surface area contributed by atoms with Gasteiger partial charge in [0.25, 0.3) is 5.91 Å². The molecule has 0 radical (unpaired) electrons. The summed E-state index contributed by atoms with van der Waals surface area (Å²) >= 11 is 0. The third-order valence-electron chi connectivity index (χ3n) is 3.99. The van der Waals surface area contributed by atoms with Crippen LogP contribution in [0.2, 0.25) is 0 Å². The van der Waals surface area contributed by atoms with Crippen LogP contribution in [0.4, 0.5) is 11.4 Å². The Morgan fingerprint density at radius 1 is 1.04 bits per heavy atom. The molecule has 2 aromatic carbocycles. The number of amides is 1. The fourth-order valence-corrected chi connectivity index (χ4v) is 3.54. The van der Waals surface area contributed by atoms with E-state index in [2.05, 4.69) is 10.5 Å². The molecule has 0 aliphatic carbocycles. The second-order valence-corrected chi connectivity index (χ2v) is 8.80. The fourth-order valence-electron chi connectivity index (χ4n) is 2.70. The van der Waals surface area contributed by atoms with Crippen LogP contribution >= 0.6 is 0 Å². The van der Waals surface area contributed by atoms with Crippen LogP contribution in [-0.2, 0) is 14.8 Å². The lowest BCUT2D eigenvalue weighted by Gasteiger charge is -2.22. The minimum Gasteiger partial charge on any atom is -0.378 e. The van der Waals surface area contributed by atoms with Gasteiger partial charge in [0.15, 0.2) is 0 Å². The number of rotatable bonds is 7. The van der Waals surface area contributed by atoms with Crippen LogP contribution in [0.1, 0.15) is 16.7 Å². The highest BCUT2D eigenvalue weighted by Gasteiger charge is 2.21. The average Bonchev–Trinajstić information content (AvgIpc) is 2.58. The summed E-state index contributed by atoms with van der Waals surface area (Å²) in [6.07, 6.45) is 2.59. The van der Waals surface area contributed by atoms with Gasteiger partial charge in [0.05, 0.1) is 18.2 Å². The van der Waals surface area contributed by atoms with Crippen LogP contribution in [0.5, 0.6) is 0 Å². The molecular formula is C20H26N4O3S. The SMILES string of the molecule is Cc1cc(C)cc(N(CC(=O)N/N=C\c2ccc(N(C)C)cc2)S(C)(=O)=O)c1. The van der Waals surface area contributed by atoms with Crippen LogP contribution in [0.3, 0.4) is 0 Å². The molecule has 0 aromatic heterocycles. The van der Waals surface area contributed by atoms with Crippen LogP contribution in [-0.4, -0.2) is 47.4 Å². The summed E-state index contributed by atoms with van der Waals surface area (Å²) in [5.74, 6) is -0.522. The topological polar surface area (TPSA) is 82.1 Å². The number of hydrazone groups is 1. The Kier molecular flexibility index (Phi) is 6.80. The second kappa shape index (κ2) is 8.88. The van der Waals surface area contributed by atoms with Crippen LogP contribution in [0, 0.1) is 13.8 Å². The van der Waals surface area contributed by atoms with Crippen molar-refractivity contribution in [3.63, 3.8) is 0 Å². The number of nitrogens with one attached hydrogen (secondary N) is 1. The predicted molar refractivity (Wildman–Crippen MR) is 115 cm³/mol. The van der Waals surface area contributed by atoms with Crippen molar-refractivity contribution in [3.05, 3.63) is 59.2 Å². The minimum atomic E-state index is -3.62. The number of sulfonamides is 1. The minimum absolute atomic E-state index is 0.349. The molecule has 1 N–H and O–H groups in total. The molecule has 0 saturated heterocycles. The molecule has 0 fully saturated rings. The first kappa shape index (κ1) is 21.4. The van der Waals surface area contributed by atoms with Gasteiger partial charge >= 0.3 is 0 Å². The Hall–Kier alpha value is -2.87. The van der Waals surface area contributed by atoms with E-state index in [1.54, 1.807) is 12.1 Å². The number of hydrogen-bond acceptors (Lipinski definition) is 5. The second-order valence-electron chi connectivity index (χ2n) is 6.89. The van der Waals surface area contributed by atoms with E-state index in [-0.39, 0.29) is 6.54 Å². The first-order valence-electron chi connectivity index (χ1n) is 8.71. The van der Waals surface area contributed by atoms with Gasteiger partial charge in [0.2, 0.25) is 10.0 Å². The summed E-state index contributed by atoms with van der Waals surface area (Å²) in [5, 5.41) is 3.92. The van der Waals surface area contributed by atoms with Gasteiger partial charge in [-0.15, -0.1) is 0 Å². The maximum absolute atomic E-state index is 12.2. The molecule has 2 rings (SSSR count). The summed E-state index contributed by atoms with van der Waals surface area (Å²) in [6.45, 7) is 3.41. The van der Waals surface area contributed by atoms with Crippen molar-refractivity contribution in [2.24, 2.45) is 5.10 Å². The van der Waals surface area contributed by atoms with Crippen molar-refractivity contribution in [3.8, 4) is 0 Å². The third-order valence-corrected chi connectivity index (χ3v) is 5.13. The number of hydrogen-bond donors (Lipinski definition) is 1. The van der Waals surface area contributed by atoms with Gasteiger partial charge in [-0.05, 0) is 54.8 Å². The Balaban J connectivity index is 2.07. The molecular weight excluding hydrogens is 376 g/mol. The number of benzene rings is 2. The fraction of sp³-hybridized carbons (Fsp3) is 0.300. The number of nitrogens with zero attached hydrogens (tertiary/aromatic N) is 3. The molecule has 0 heterocycles. The maximum atomic E-state index is 12.2. The van der Waals surface area contributed by atoms with Gasteiger partial charge in [-0.25, -0.2) is 13.8 Å². The van der Waals surface area contributed by atoms with Gasteiger partial charge in [0, 0.05) is 19.8 Å². The first-order chi connectivity index (χ1) is 13.1. The van der Waals surface area contributed by atoms with Gasteiger partial charge < -0.3 is 4.90 Å². The molecule has 0 aliphatic heterocycles. The van der Waals surface area contributed by atoms with E-state index in [1.807, 2.05) is 63.2 Å². The van der Waals surface area contributed by atoms with Crippen molar-refractivity contribution in [2.45, 2.75) is 13.8 Å². The lowest BCUT2D eigenvalue weighted by atomic mass is 10.1. The molecule has 0 atom stereocenters. The largest absolute Gasteiger partial charge is 0.378 e. The van der Waals surface area contributed by atoms with Gasteiger partial charge in [0.1, 0.15) is 6.54 Å². The Labute approximate surface area is 166 Å². The Morgan fingerprint density at radius 2 is 1.61 bits per heavy atom. The monoisotopic (exact) mass is 402 g/mol. The van der Waals surface area contributed by atoms with E-state index < -0.39 is 15.9 Å². The lowest BCUT2D eigenvalue weighted by Crippen LogP contribution is -2.39. The predicted octanol–water partition coefficient (Wildman–Crippen LogP) is 2.29. The van der Waals surface area contributed by atoms with Gasteiger partial charge in [-0.1, -0.05) is 18.2 Å². The lowest BCUT2D eigenvalue weighted by molar-refractivity contribution is -0.119. The summed E-state index contributed by atoms with van der Waals surface area (Å²) in [7, 11) is 0.281. The smallest absolute Gasteiger partial charge is 0.260 e. The third kappa shape index (κ3) is 6.09. The number of carbonyl (C=O) groups is 1. The van der Waals surface area contributed by atoms with E-state index >= 15 is 0 Å². The molecule has 0 bridgehead atoms. The molecule has 0 unspecified atom stereocenters. The molecule has 0 spiro atoms. The zero-order valence-corrected chi connectivity index (χ0v) is 17.6.